The van der Waals surface area contributed by atoms with Gasteiger partial charge in [-0.25, -0.2) is 9.18 Å². The maximum absolute atomic E-state index is 13.8. The predicted octanol–water partition coefficient (Wildman–Crippen LogP) is 2.92. The van der Waals surface area contributed by atoms with Crippen LogP contribution in [0.1, 0.15) is 17.0 Å². The molecular formula is C18H12FNO4. The molecule has 2 aromatic carbocycles. The highest BCUT2D eigenvalue weighted by atomic mass is 19.1. The molecule has 0 saturated carbocycles. The van der Waals surface area contributed by atoms with Crippen molar-refractivity contribution < 1.29 is 23.4 Å². The molecule has 0 amide bonds. The largest absolute Gasteiger partial charge is 0.456 e. The third-order valence-corrected chi connectivity index (χ3v) is 4.50. The van der Waals surface area contributed by atoms with Crippen LogP contribution >= 0.6 is 0 Å². The molecule has 0 saturated heterocycles. The van der Waals surface area contributed by atoms with Crippen LogP contribution < -0.4 is 14.8 Å². The van der Waals surface area contributed by atoms with Gasteiger partial charge in [0.2, 0.25) is 6.79 Å². The SMILES string of the molecule is O=C1OCC2=C1C(c1cccc(F)c1)c1cc3c(cc1N2)OCO3. The summed E-state index contributed by atoms with van der Waals surface area (Å²) in [5, 5.41) is 3.24. The van der Waals surface area contributed by atoms with E-state index in [-0.39, 0.29) is 25.2 Å². The summed E-state index contributed by atoms with van der Waals surface area (Å²) in [4.78, 5) is 12.3. The van der Waals surface area contributed by atoms with Crippen LogP contribution in [0.2, 0.25) is 0 Å². The molecule has 1 unspecified atom stereocenters. The average Bonchev–Trinajstić information content (AvgIpc) is 3.17. The maximum atomic E-state index is 13.8. The number of halogens is 1. The number of hydrogen-bond acceptors (Lipinski definition) is 5. The van der Waals surface area contributed by atoms with Crippen molar-refractivity contribution in [3.05, 3.63) is 64.6 Å². The Kier molecular flexibility index (Phi) is 2.65. The summed E-state index contributed by atoms with van der Waals surface area (Å²) in [7, 11) is 0. The lowest BCUT2D eigenvalue weighted by Crippen LogP contribution is -2.20. The molecule has 0 spiro atoms. The van der Waals surface area contributed by atoms with Crippen LogP contribution in [-0.2, 0) is 9.53 Å². The Morgan fingerprint density at radius 2 is 1.92 bits per heavy atom. The summed E-state index contributed by atoms with van der Waals surface area (Å²) in [5.41, 5.74) is 3.57. The second-order valence-corrected chi connectivity index (χ2v) is 5.87. The lowest BCUT2D eigenvalue weighted by Gasteiger charge is -2.27. The van der Waals surface area contributed by atoms with Gasteiger partial charge in [-0.05, 0) is 29.3 Å². The average molecular weight is 325 g/mol. The first-order valence-corrected chi connectivity index (χ1v) is 7.57. The number of hydrogen-bond donors (Lipinski definition) is 1. The normalized spacial score (nSPS) is 20.4. The van der Waals surface area contributed by atoms with Crippen molar-refractivity contribution >= 4 is 11.7 Å². The zero-order valence-electron chi connectivity index (χ0n) is 12.5. The third kappa shape index (κ3) is 1.83. The molecule has 1 N–H and O–H groups in total. The number of anilines is 1. The van der Waals surface area contributed by atoms with Crippen molar-refractivity contribution in [1.29, 1.82) is 0 Å². The van der Waals surface area contributed by atoms with E-state index < -0.39 is 5.92 Å². The molecule has 3 aliphatic heterocycles. The predicted molar refractivity (Wildman–Crippen MR) is 82.4 cm³/mol. The third-order valence-electron chi connectivity index (χ3n) is 4.50. The van der Waals surface area contributed by atoms with Gasteiger partial charge in [0.25, 0.3) is 0 Å². The lowest BCUT2D eigenvalue weighted by atomic mass is 9.81. The Morgan fingerprint density at radius 3 is 2.75 bits per heavy atom. The minimum Gasteiger partial charge on any atom is -0.456 e. The first-order valence-electron chi connectivity index (χ1n) is 7.57. The molecular weight excluding hydrogens is 313 g/mol. The monoisotopic (exact) mass is 325 g/mol. The lowest BCUT2D eigenvalue weighted by molar-refractivity contribution is -0.136. The molecule has 120 valence electrons. The fourth-order valence-corrected chi connectivity index (χ4v) is 3.47. The number of rotatable bonds is 1. The molecule has 0 fully saturated rings. The van der Waals surface area contributed by atoms with E-state index in [0.29, 0.717) is 28.3 Å². The molecule has 3 heterocycles. The van der Waals surface area contributed by atoms with Crippen molar-refractivity contribution in [2.45, 2.75) is 5.92 Å². The number of fused-ring (bicyclic) bond motifs is 2. The summed E-state index contributed by atoms with van der Waals surface area (Å²) < 4.78 is 29.8. The van der Waals surface area contributed by atoms with Gasteiger partial charge < -0.3 is 19.5 Å². The Hall–Kier alpha value is -3.02. The number of nitrogens with one attached hydrogen (secondary N) is 1. The van der Waals surface area contributed by atoms with E-state index >= 15 is 0 Å². The second kappa shape index (κ2) is 4.74. The molecule has 0 aliphatic carbocycles. The quantitative estimate of drug-likeness (QED) is 0.817. The van der Waals surface area contributed by atoms with Gasteiger partial charge in [0, 0.05) is 17.7 Å². The Balaban J connectivity index is 1.75. The van der Waals surface area contributed by atoms with Crippen molar-refractivity contribution in [1.82, 2.24) is 0 Å². The molecule has 6 heteroatoms. The second-order valence-electron chi connectivity index (χ2n) is 5.87. The van der Waals surface area contributed by atoms with Crippen molar-refractivity contribution in [2.75, 3.05) is 18.7 Å². The summed E-state index contributed by atoms with van der Waals surface area (Å²) in [6, 6.07) is 9.96. The molecule has 5 rings (SSSR count). The van der Waals surface area contributed by atoms with Gasteiger partial charge >= 0.3 is 5.97 Å². The van der Waals surface area contributed by atoms with Crippen LogP contribution in [-0.4, -0.2) is 19.4 Å². The van der Waals surface area contributed by atoms with Crippen LogP contribution in [0.15, 0.2) is 47.7 Å². The van der Waals surface area contributed by atoms with E-state index in [1.165, 1.54) is 12.1 Å². The minimum atomic E-state index is -0.406. The number of carbonyl (C=O) groups excluding carboxylic acids is 1. The Labute approximate surface area is 136 Å². The Bertz CT molecular complexity index is 921. The van der Waals surface area contributed by atoms with E-state index in [9.17, 15) is 9.18 Å². The van der Waals surface area contributed by atoms with Gasteiger partial charge in [-0.1, -0.05) is 12.1 Å². The molecule has 3 aliphatic rings. The summed E-state index contributed by atoms with van der Waals surface area (Å²) in [5.74, 6) is 0.134. The number of cyclic esters (lactones) is 1. The highest BCUT2D eigenvalue weighted by Crippen LogP contribution is 2.48. The highest BCUT2D eigenvalue weighted by Gasteiger charge is 2.39. The summed E-state index contributed by atoms with van der Waals surface area (Å²) >= 11 is 0. The first kappa shape index (κ1) is 13.4. The zero-order chi connectivity index (χ0) is 16.3. The molecule has 0 bridgehead atoms. The van der Waals surface area contributed by atoms with Gasteiger partial charge in [-0.15, -0.1) is 0 Å². The summed E-state index contributed by atoms with van der Waals surface area (Å²) in [6.45, 7) is 0.353. The van der Waals surface area contributed by atoms with Crippen LogP contribution in [0.4, 0.5) is 10.1 Å². The van der Waals surface area contributed by atoms with Gasteiger partial charge in [-0.2, -0.15) is 0 Å². The number of ether oxygens (including phenoxy) is 3. The summed E-state index contributed by atoms with van der Waals surface area (Å²) in [6.07, 6.45) is 0. The smallest absolute Gasteiger partial charge is 0.337 e. The molecule has 1 atom stereocenters. The van der Waals surface area contributed by atoms with Crippen LogP contribution in [0.5, 0.6) is 11.5 Å². The molecule has 0 aromatic heterocycles. The molecule has 5 nitrogen and oxygen atoms in total. The van der Waals surface area contributed by atoms with Crippen LogP contribution in [0.3, 0.4) is 0 Å². The first-order chi connectivity index (χ1) is 11.7. The van der Waals surface area contributed by atoms with Gasteiger partial charge in [-0.3, -0.25) is 0 Å². The Morgan fingerprint density at radius 1 is 1.08 bits per heavy atom. The molecule has 24 heavy (non-hydrogen) atoms. The highest BCUT2D eigenvalue weighted by molar-refractivity contribution is 5.97. The van der Waals surface area contributed by atoms with Crippen LogP contribution in [0.25, 0.3) is 0 Å². The van der Waals surface area contributed by atoms with E-state index in [4.69, 9.17) is 14.2 Å². The van der Waals surface area contributed by atoms with E-state index in [1.54, 1.807) is 6.07 Å². The molecule has 0 radical (unpaired) electrons. The number of esters is 1. The van der Waals surface area contributed by atoms with Crippen molar-refractivity contribution in [3.63, 3.8) is 0 Å². The topological polar surface area (TPSA) is 56.8 Å². The van der Waals surface area contributed by atoms with E-state index in [1.807, 2.05) is 18.2 Å². The molecule has 2 aromatic rings. The van der Waals surface area contributed by atoms with Gasteiger partial charge in [0.15, 0.2) is 11.5 Å². The van der Waals surface area contributed by atoms with Gasteiger partial charge in [0.05, 0.1) is 11.3 Å². The fraction of sp³-hybridized carbons (Fsp3) is 0.167. The zero-order valence-corrected chi connectivity index (χ0v) is 12.5. The van der Waals surface area contributed by atoms with Gasteiger partial charge in [0.1, 0.15) is 12.4 Å². The number of benzene rings is 2. The number of carbonyl (C=O) groups is 1. The van der Waals surface area contributed by atoms with Crippen molar-refractivity contribution in [3.8, 4) is 11.5 Å². The van der Waals surface area contributed by atoms with Crippen LogP contribution in [0, 0.1) is 5.82 Å². The van der Waals surface area contributed by atoms with Crippen molar-refractivity contribution in [2.24, 2.45) is 0 Å². The van der Waals surface area contributed by atoms with E-state index in [2.05, 4.69) is 5.32 Å². The minimum absolute atomic E-state index is 0.165. The standard InChI is InChI=1S/C18H12FNO4/c19-10-3-1-2-9(4-10)16-11-5-14-15(24-8-23-14)6-12(11)20-13-7-22-18(21)17(13)16/h1-6,16,20H,7-8H2. The maximum Gasteiger partial charge on any atom is 0.337 e. The fourth-order valence-electron chi connectivity index (χ4n) is 3.47. The van der Waals surface area contributed by atoms with E-state index in [0.717, 1.165) is 11.3 Å².